The van der Waals surface area contributed by atoms with Crippen molar-refractivity contribution in [2.45, 2.75) is 25.4 Å². The van der Waals surface area contributed by atoms with Crippen LogP contribution < -0.4 is 5.32 Å². The lowest BCUT2D eigenvalue weighted by atomic mass is 9.98. The molecule has 3 aromatic carbocycles. The Labute approximate surface area is 181 Å². The van der Waals surface area contributed by atoms with Crippen LogP contribution in [0.15, 0.2) is 78.9 Å². The van der Waals surface area contributed by atoms with E-state index in [1.165, 1.54) is 11.1 Å². The van der Waals surface area contributed by atoms with E-state index >= 15 is 0 Å². The van der Waals surface area contributed by atoms with Gasteiger partial charge in [-0.15, -0.1) is 0 Å². The zero-order chi connectivity index (χ0) is 20.9. The molecule has 0 aromatic heterocycles. The van der Waals surface area contributed by atoms with Gasteiger partial charge in [0.1, 0.15) is 0 Å². The molecule has 4 rings (SSSR count). The summed E-state index contributed by atoms with van der Waals surface area (Å²) >= 11 is 6.19. The van der Waals surface area contributed by atoms with Gasteiger partial charge in [0.2, 0.25) is 5.91 Å². The van der Waals surface area contributed by atoms with Crippen LogP contribution in [0.3, 0.4) is 0 Å². The predicted molar refractivity (Wildman–Crippen MR) is 118 cm³/mol. The molecule has 1 heterocycles. The normalized spacial score (nSPS) is 14.0. The Morgan fingerprint density at radius 3 is 2.33 bits per heavy atom. The van der Waals surface area contributed by atoms with Crippen LogP contribution >= 0.6 is 11.6 Å². The van der Waals surface area contributed by atoms with Gasteiger partial charge in [0.25, 0.3) is 5.91 Å². The highest BCUT2D eigenvalue weighted by Gasteiger charge is 2.25. The molecule has 152 valence electrons. The Morgan fingerprint density at radius 1 is 0.900 bits per heavy atom. The van der Waals surface area contributed by atoms with E-state index in [-0.39, 0.29) is 18.2 Å². The minimum absolute atomic E-state index is 0.0258. The number of carbonyl (C=O) groups excluding carboxylic acids is 2. The molecule has 0 fully saturated rings. The highest BCUT2D eigenvalue weighted by molar-refractivity contribution is 6.33. The summed E-state index contributed by atoms with van der Waals surface area (Å²) < 4.78 is 0. The van der Waals surface area contributed by atoms with E-state index in [1.54, 1.807) is 24.3 Å². The van der Waals surface area contributed by atoms with E-state index in [2.05, 4.69) is 17.4 Å². The molecule has 1 N–H and O–H groups in total. The van der Waals surface area contributed by atoms with Crippen molar-refractivity contribution in [2.75, 3.05) is 6.54 Å². The smallest absolute Gasteiger partial charge is 0.253 e. The average molecular weight is 419 g/mol. The third kappa shape index (κ3) is 4.55. The summed E-state index contributed by atoms with van der Waals surface area (Å²) in [6.45, 7) is 1.30. The fourth-order valence-electron chi connectivity index (χ4n) is 3.83. The van der Waals surface area contributed by atoms with Crippen LogP contribution in [-0.4, -0.2) is 23.3 Å². The molecule has 0 aliphatic carbocycles. The number of amides is 2. The van der Waals surface area contributed by atoms with Crippen molar-refractivity contribution in [2.24, 2.45) is 0 Å². The third-order valence-corrected chi connectivity index (χ3v) is 5.82. The lowest BCUT2D eigenvalue weighted by molar-refractivity contribution is -0.132. The molecule has 0 radical (unpaired) electrons. The number of nitrogens with zero attached hydrogens (tertiary/aromatic N) is 1. The summed E-state index contributed by atoms with van der Waals surface area (Å²) in [5, 5.41) is 3.40. The fourth-order valence-corrected chi connectivity index (χ4v) is 4.05. The van der Waals surface area contributed by atoms with Gasteiger partial charge in [-0.05, 0) is 35.2 Å². The number of nitrogens with one attached hydrogen (secondary N) is 1. The van der Waals surface area contributed by atoms with Gasteiger partial charge >= 0.3 is 0 Å². The number of fused-ring (bicyclic) bond motifs is 1. The molecule has 0 bridgehead atoms. The van der Waals surface area contributed by atoms with Crippen molar-refractivity contribution in [1.82, 2.24) is 10.2 Å². The fraction of sp³-hybridized carbons (Fsp3) is 0.200. The monoisotopic (exact) mass is 418 g/mol. The molecule has 30 heavy (non-hydrogen) atoms. The van der Waals surface area contributed by atoms with Gasteiger partial charge in [-0.1, -0.05) is 78.3 Å². The van der Waals surface area contributed by atoms with Crippen molar-refractivity contribution in [1.29, 1.82) is 0 Å². The van der Waals surface area contributed by atoms with Crippen molar-refractivity contribution in [3.05, 3.63) is 106 Å². The average Bonchev–Trinajstić information content (AvgIpc) is 2.79. The molecule has 1 atom stereocenters. The van der Waals surface area contributed by atoms with Crippen molar-refractivity contribution >= 4 is 23.4 Å². The maximum absolute atomic E-state index is 13.1. The van der Waals surface area contributed by atoms with Crippen LogP contribution in [-0.2, 0) is 17.8 Å². The number of rotatable bonds is 5. The Bertz CT molecular complexity index is 1050. The molecule has 0 saturated heterocycles. The van der Waals surface area contributed by atoms with Crippen LogP contribution in [0.5, 0.6) is 0 Å². The summed E-state index contributed by atoms with van der Waals surface area (Å²) in [6, 6.07) is 24.3. The molecule has 0 saturated carbocycles. The van der Waals surface area contributed by atoms with Crippen LogP contribution in [0.4, 0.5) is 0 Å². The third-order valence-electron chi connectivity index (χ3n) is 5.49. The second kappa shape index (κ2) is 9.14. The molecular weight excluding hydrogens is 396 g/mol. The van der Waals surface area contributed by atoms with Crippen LogP contribution in [0.2, 0.25) is 5.02 Å². The molecular formula is C25H23ClN2O2. The molecule has 4 nitrogen and oxygen atoms in total. The Kier molecular flexibility index (Phi) is 6.15. The summed E-state index contributed by atoms with van der Waals surface area (Å²) in [4.78, 5) is 27.9. The van der Waals surface area contributed by atoms with Gasteiger partial charge in [-0.25, -0.2) is 0 Å². The first-order chi connectivity index (χ1) is 14.6. The van der Waals surface area contributed by atoms with Crippen molar-refractivity contribution < 1.29 is 9.59 Å². The van der Waals surface area contributed by atoms with Gasteiger partial charge < -0.3 is 10.2 Å². The minimum atomic E-state index is -0.431. The SMILES string of the molecule is O=C(N[C@@H](CC(=O)N1CCc2ccccc2C1)c1ccccc1)c1ccccc1Cl. The second-order valence-electron chi connectivity index (χ2n) is 7.45. The highest BCUT2D eigenvalue weighted by Crippen LogP contribution is 2.24. The molecule has 1 aliphatic heterocycles. The quantitative estimate of drug-likeness (QED) is 0.647. The first-order valence-electron chi connectivity index (χ1n) is 10.1. The Balaban J connectivity index is 1.51. The molecule has 0 unspecified atom stereocenters. The molecule has 0 spiro atoms. The maximum Gasteiger partial charge on any atom is 0.253 e. The summed E-state index contributed by atoms with van der Waals surface area (Å²) in [6.07, 6.45) is 1.05. The highest BCUT2D eigenvalue weighted by atomic mass is 35.5. The first-order valence-corrected chi connectivity index (χ1v) is 10.4. The minimum Gasteiger partial charge on any atom is -0.345 e. The number of halogens is 1. The standard InChI is InChI=1S/C25H23ClN2O2/c26-22-13-7-6-12-21(22)25(30)27-23(19-9-2-1-3-10-19)16-24(29)28-15-14-18-8-4-5-11-20(18)17-28/h1-13,23H,14-17H2,(H,27,30)/t23-/m0/s1. The van der Waals surface area contributed by atoms with Crippen molar-refractivity contribution in [3.8, 4) is 0 Å². The summed E-state index contributed by atoms with van der Waals surface area (Å²) in [5.74, 6) is -0.260. The largest absolute Gasteiger partial charge is 0.345 e. The van der Waals surface area contributed by atoms with Gasteiger partial charge in [-0.2, -0.15) is 0 Å². The lowest BCUT2D eigenvalue weighted by Gasteiger charge is -2.30. The van der Waals surface area contributed by atoms with Gasteiger partial charge in [0.05, 0.1) is 23.0 Å². The molecule has 3 aromatic rings. The number of carbonyl (C=O) groups is 2. The lowest BCUT2D eigenvalue weighted by Crippen LogP contribution is -2.39. The second-order valence-corrected chi connectivity index (χ2v) is 7.86. The number of hydrogen-bond acceptors (Lipinski definition) is 2. The number of benzene rings is 3. The Morgan fingerprint density at radius 2 is 1.57 bits per heavy atom. The van der Waals surface area contributed by atoms with E-state index in [0.717, 1.165) is 12.0 Å². The van der Waals surface area contributed by atoms with Gasteiger partial charge in [0.15, 0.2) is 0 Å². The van der Waals surface area contributed by atoms with Gasteiger partial charge in [-0.3, -0.25) is 9.59 Å². The van der Waals surface area contributed by atoms with Crippen LogP contribution in [0.1, 0.15) is 39.5 Å². The van der Waals surface area contributed by atoms with E-state index < -0.39 is 6.04 Å². The molecule has 5 heteroatoms. The maximum atomic E-state index is 13.1. The zero-order valence-electron chi connectivity index (χ0n) is 16.6. The summed E-state index contributed by atoms with van der Waals surface area (Å²) in [5.41, 5.74) is 3.78. The molecule has 1 aliphatic rings. The number of hydrogen-bond donors (Lipinski definition) is 1. The zero-order valence-corrected chi connectivity index (χ0v) is 17.3. The van der Waals surface area contributed by atoms with Crippen molar-refractivity contribution in [3.63, 3.8) is 0 Å². The summed E-state index contributed by atoms with van der Waals surface area (Å²) in [7, 11) is 0. The topological polar surface area (TPSA) is 49.4 Å². The van der Waals surface area contributed by atoms with Crippen LogP contribution in [0, 0.1) is 0 Å². The van der Waals surface area contributed by atoms with Gasteiger partial charge in [0, 0.05) is 13.1 Å². The van der Waals surface area contributed by atoms with E-state index in [0.29, 0.717) is 23.7 Å². The predicted octanol–water partition coefficient (Wildman–Crippen LogP) is 4.79. The van der Waals surface area contributed by atoms with E-state index in [4.69, 9.17) is 11.6 Å². The molecule has 2 amide bonds. The van der Waals surface area contributed by atoms with E-state index in [9.17, 15) is 9.59 Å². The first kappa shape index (κ1) is 20.2. The van der Waals surface area contributed by atoms with Crippen LogP contribution in [0.25, 0.3) is 0 Å². The Hall–Kier alpha value is -3.11. The van der Waals surface area contributed by atoms with E-state index in [1.807, 2.05) is 47.4 Å².